The normalized spacial score (nSPS) is 11.3. The van der Waals surface area contributed by atoms with Gasteiger partial charge in [0.25, 0.3) is 0 Å². The lowest BCUT2D eigenvalue weighted by Crippen LogP contribution is -2.14. The molecule has 16 heavy (non-hydrogen) atoms. The molecule has 0 aliphatic rings. The molecular weight excluding hydrogens is 268 g/mol. The number of ketones is 1. The van der Waals surface area contributed by atoms with Gasteiger partial charge in [0.2, 0.25) is 0 Å². The number of alkyl halides is 1. The second kappa shape index (κ2) is 5.00. The van der Waals surface area contributed by atoms with Crippen LogP contribution in [-0.2, 0) is 5.41 Å². The zero-order valence-corrected chi connectivity index (χ0v) is 11.7. The lowest BCUT2D eigenvalue weighted by Gasteiger charge is -2.22. The average Bonchev–Trinajstić information content (AvgIpc) is 2.26. The Balaban J connectivity index is 3.27. The number of carbonyl (C=O) groups excluding carboxylic acids is 1. The van der Waals surface area contributed by atoms with Crippen molar-refractivity contribution in [3.8, 4) is 5.75 Å². The molecule has 1 rings (SSSR count). The Morgan fingerprint density at radius 1 is 1.38 bits per heavy atom. The third-order valence-corrected chi connectivity index (χ3v) is 2.96. The number of methoxy groups -OCH3 is 1. The van der Waals surface area contributed by atoms with Crippen LogP contribution in [0.1, 0.15) is 36.7 Å². The Bertz CT molecular complexity index is 391. The van der Waals surface area contributed by atoms with Crippen molar-refractivity contribution in [2.24, 2.45) is 0 Å². The van der Waals surface area contributed by atoms with Crippen molar-refractivity contribution in [3.63, 3.8) is 0 Å². The van der Waals surface area contributed by atoms with E-state index >= 15 is 0 Å². The molecule has 0 N–H and O–H groups in total. The fourth-order valence-corrected chi connectivity index (χ4v) is 1.87. The number of halogens is 1. The molecule has 0 heterocycles. The second-order valence-corrected chi connectivity index (χ2v) is 5.28. The quantitative estimate of drug-likeness (QED) is 0.627. The number of hydrogen-bond donors (Lipinski definition) is 0. The molecule has 3 heteroatoms. The monoisotopic (exact) mass is 284 g/mol. The molecule has 0 radical (unpaired) electrons. The number of Topliss-reactive ketones (excluding diaryl/α,β-unsaturated/α-hetero) is 1. The summed E-state index contributed by atoms with van der Waals surface area (Å²) in [4.78, 5) is 11.6. The highest BCUT2D eigenvalue weighted by Gasteiger charge is 2.20. The molecule has 0 unspecified atom stereocenters. The van der Waals surface area contributed by atoms with Gasteiger partial charge in [0.1, 0.15) is 5.75 Å². The van der Waals surface area contributed by atoms with Gasteiger partial charge in [0.05, 0.1) is 12.4 Å². The zero-order valence-electron chi connectivity index (χ0n) is 10.1. The summed E-state index contributed by atoms with van der Waals surface area (Å²) in [6.07, 6.45) is 0. The van der Waals surface area contributed by atoms with Crippen LogP contribution in [0.15, 0.2) is 18.2 Å². The average molecular weight is 285 g/mol. The minimum atomic E-state index is -0.0338. The van der Waals surface area contributed by atoms with Crippen molar-refractivity contribution in [1.29, 1.82) is 0 Å². The SMILES string of the molecule is COc1ccc(C(=O)CBr)cc1C(C)(C)C. The van der Waals surface area contributed by atoms with Crippen LogP contribution >= 0.6 is 15.9 Å². The van der Waals surface area contributed by atoms with Crippen LogP contribution in [-0.4, -0.2) is 18.2 Å². The first kappa shape index (κ1) is 13.2. The molecule has 0 amide bonds. The van der Waals surface area contributed by atoms with Gasteiger partial charge in [-0.3, -0.25) is 4.79 Å². The van der Waals surface area contributed by atoms with E-state index in [-0.39, 0.29) is 11.2 Å². The molecule has 0 aliphatic heterocycles. The molecule has 2 nitrogen and oxygen atoms in total. The molecule has 0 saturated carbocycles. The highest BCUT2D eigenvalue weighted by molar-refractivity contribution is 9.09. The molecule has 88 valence electrons. The van der Waals surface area contributed by atoms with Gasteiger partial charge in [0, 0.05) is 11.1 Å². The lowest BCUT2D eigenvalue weighted by atomic mass is 9.85. The van der Waals surface area contributed by atoms with E-state index in [1.165, 1.54) is 0 Å². The predicted octanol–water partition coefficient (Wildman–Crippen LogP) is 3.57. The summed E-state index contributed by atoms with van der Waals surface area (Å²) in [6, 6.07) is 5.58. The summed E-state index contributed by atoms with van der Waals surface area (Å²) in [5.41, 5.74) is 1.75. The van der Waals surface area contributed by atoms with Crippen LogP contribution < -0.4 is 4.74 Å². The highest BCUT2D eigenvalue weighted by Crippen LogP contribution is 2.32. The van der Waals surface area contributed by atoms with Crippen LogP contribution in [0.3, 0.4) is 0 Å². The second-order valence-electron chi connectivity index (χ2n) is 4.72. The molecule has 0 aliphatic carbocycles. The molecule has 0 atom stereocenters. The van der Waals surface area contributed by atoms with Gasteiger partial charge in [-0.15, -0.1) is 0 Å². The Hall–Kier alpha value is -0.830. The maximum absolute atomic E-state index is 11.6. The molecule has 0 saturated heterocycles. The lowest BCUT2D eigenvalue weighted by molar-refractivity contribution is 0.102. The van der Waals surface area contributed by atoms with E-state index in [0.717, 1.165) is 16.9 Å². The largest absolute Gasteiger partial charge is 0.496 e. The first-order chi connectivity index (χ1) is 7.40. The van der Waals surface area contributed by atoms with Crippen LogP contribution in [0, 0.1) is 0 Å². The molecule has 1 aromatic carbocycles. The fraction of sp³-hybridized carbons (Fsp3) is 0.462. The Morgan fingerprint density at radius 3 is 2.44 bits per heavy atom. The van der Waals surface area contributed by atoms with Crippen molar-refractivity contribution < 1.29 is 9.53 Å². The number of ether oxygens (including phenoxy) is 1. The predicted molar refractivity (Wildman–Crippen MR) is 69.8 cm³/mol. The minimum Gasteiger partial charge on any atom is -0.496 e. The first-order valence-electron chi connectivity index (χ1n) is 5.18. The number of hydrogen-bond acceptors (Lipinski definition) is 2. The van der Waals surface area contributed by atoms with E-state index in [1.807, 2.05) is 12.1 Å². The van der Waals surface area contributed by atoms with E-state index in [0.29, 0.717) is 5.33 Å². The Labute approximate surface area is 105 Å². The maximum Gasteiger partial charge on any atom is 0.173 e. The standard InChI is InChI=1S/C13H17BrO2/c1-13(2,3)10-7-9(11(15)8-14)5-6-12(10)16-4/h5-7H,8H2,1-4H3. The van der Waals surface area contributed by atoms with E-state index < -0.39 is 0 Å². The summed E-state index contributed by atoms with van der Waals surface area (Å²) in [5, 5.41) is 0.350. The van der Waals surface area contributed by atoms with Crippen LogP contribution in [0.2, 0.25) is 0 Å². The number of benzene rings is 1. The van der Waals surface area contributed by atoms with Crippen molar-refractivity contribution >= 4 is 21.7 Å². The van der Waals surface area contributed by atoms with Gasteiger partial charge >= 0.3 is 0 Å². The number of carbonyl (C=O) groups is 1. The Morgan fingerprint density at radius 2 is 2.00 bits per heavy atom. The number of rotatable bonds is 3. The summed E-state index contributed by atoms with van der Waals surface area (Å²) < 4.78 is 5.32. The first-order valence-corrected chi connectivity index (χ1v) is 6.30. The van der Waals surface area contributed by atoms with Crippen LogP contribution in [0.4, 0.5) is 0 Å². The molecule has 0 aromatic heterocycles. The molecular formula is C13H17BrO2. The van der Waals surface area contributed by atoms with Gasteiger partial charge in [-0.25, -0.2) is 0 Å². The van der Waals surface area contributed by atoms with E-state index in [2.05, 4.69) is 36.7 Å². The third-order valence-electron chi connectivity index (χ3n) is 2.45. The minimum absolute atomic E-state index is 0.0338. The van der Waals surface area contributed by atoms with Gasteiger partial charge in [-0.1, -0.05) is 36.7 Å². The zero-order chi connectivity index (χ0) is 12.3. The van der Waals surface area contributed by atoms with Gasteiger partial charge in [0.15, 0.2) is 5.78 Å². The summed E-state index contributed by atoms with van der Waals surface area (Å²) in [7, 11) is 1.65. The highest BCUT2D eigenvalue weighted by atomic mass is 79.9. The van der Waals surface area contributed by atoms with Gasteiger partial charge in [-0.2, -0.15) is 0 Å². The summed E-state index contributed by atoms with van der Waals surface area (Å²) >= 11 is 3.18. The Kier molecular flexibility index (Phi) is 4.14. The molecule has 1 aromatic rings. The molecule has 0 fully saturated rings. The van der Waals surface area contributed by atoms with Gasteiger partial charge in [-0.05, 0) is 23.6 Å². The van der Waals surface area contributed by atoms with Crippen molar-refractivity contribution in [2.45, 2.75) is 26.2 Å². The van der Waals surface area contributed by atoms with Crippen molar-refractivity contribution in [2.75, 3.05) is 12.4 Å². The van der Waals surface area contributed by atoms with Crippen LogP contribution in [0.25, 0.3) is 0 Å². The topological polar surface area (TPSA) is 26.3 Å². The maximum atomic E-state index is 11.6. The van der Waals surface area contributed by atoms with Crippen LogP contribution in [0.5, 0.6) is 5.75 Å². The molecule has 0 spiro atoms. The van der Waals surface area contributed by atoms with Crippen molar-refractivity contribution in [3.05, 3.63) is 29.3 Å². The van der Waals surface area contributed by atoms with Crippen molar-refractivity contribution in [1.82, 2.24) is 0 Å². The smallest absolute Gasteiger partial charge is 0.173 e. The fourth-order valence-electron chi connectivity index (χ4n) is 1.54. The van der Waals surface area contributed by atoms with E-state index in [9.17, 15) is 4.79 Å². The third kappa shape index (κ3) is 2.85. The summed E-state index contributed by atoms with van der Waals surface area (Å²) in [6.45, 7) is 6.31. The van der Waals surface area contributed by atoms with E-state index in [1.54, 1.807) is 13.2 Å². The molecule has 0 bridgehead atoms. The van der Waals surface area contributed by atoms with Gasteiger partial charge < -0.3 is 4.74 Å². The van der Waals surface area contributed by atoms with E-state index in [4.69, 9.17) is 4.74 Å². The summed E-state index contributed by atoms with van der Waals surface area (Å²) in [5.74, 6) is 0.923.